The normalized spacial score (nSPS) is 17.0. The van der Waals surface area contributed by atoms with Crippen LogP contribution >= 0.6 is 11.3 Å². The van der Waals surface area contributed by atoms with E-state index in [1.807, 2.05) is 31.2 Å². The average molecular weight is 374 g/mol. The number of piperidine rings is 1. The summed E-state index contributed by atoms with van der Waals surface area (Å²) in [4.78, 5) is 30.6. The first-order valence-corrected chi connectivity index (χ1v) is 9.53. The van der Waals surface area contributed by atoms with Crippen molar-refractivity contribution in [3.8, 4) is 16.3 Å². The van der Waals surface area contributed by atoms with E-state index in [4.69, 9.17) is 9.47 Å². The minimum absolute atomic E-state index is 0.142. The molecule has 1 amide bonds. The topological polar surface area (TPSA) is 68.7 Å². The highest BCUT2D eigenvalue weighted by atomic mass is 32.1. The van der Waals surface area contributed by atoms with E-state index in [-0.39, 0.29) is 24.2 Å². The molecular weight excluding hydrogens is 352 g/mol. The van der Waals surface area contributed by atoms with Crippen LogP contribution in [0.2, 0.25) is 0 Å². The third kappa shape index (κ3) is 4.22. The maximum absolute atomic E-state index is 12.3. The SMILES string of the molecule is COc1ccc(-c2nc(C(=O)OCC(=O)N3CCCC[C@@H]3C)cs2)cc1. The van der Waals surface area contributed by atoms with Gasteiger partial charge in [-0.25, -0.2) is 9.78 Å². The zero-order valence-corrected chi connectivity index (χ0v) is 15.8. The number of ether oxygens (including phenoxy) is 2. The van der Waals surface area contributed by atoms with Gasteiger partial charge in [0.25, 0.3) is 5.91 Å². The van der Waals surface area contributed by atoms with Gasteiger partial charge < -0.3 is 14.4 Å². The molecular formula is C19H22N2O4S. The fourth-order valence-corrected chi connectivity index (χ4v) is 3.78. The van der Waals surface area contributed by atoms with Crippen LogP contribution in [0.3, 0.4) is 0 Å². The van der Waals surface area contributed by atoms with E-state index in [1.54, 1.807) is 17.4 Å². The highest BCUT2D eigenvalue weighted by molar-refractivity contribution is 7.13. The quantitative estimate of drug-likeness (QED) is 0.751. The molecule has 1 aliphatic heterocycles. The molecule has 26 heavy (non-hydrogen) atoms. The van der Waals surface area contributed by atoms with E-state index in [2.05, 4.69) is 4.98 Å². The summed E-state index contributed by atoms with van der Waals surface area (Å²) in [6, 6.07) is 7.65. The molecule has 1 saturated heterocycles. The van der Waals surface area contributed by atoms with E-state index in [9.17, 15) is 9.59 Å². The number of benzene rings is 1. The van der Waals surface area contributed by atoms with Crippen molar-refractivity contribution < 1.29 is 19.1 Å². The third-order valence-electron chi connectivity index (χ3n) is 4.50. The van der Waals surface area contributed by atoms with E-state index in [0.717, 1.165) is 42.1 Å². The molecule has 1 aromatic carbocycles. The van der Waals surface area contributed by atoms with Gasteiger partial charge in [-0.1, -0.05) is 0 Å². The smallest absolute Gasteiger partial charge is 0.358 e. The Labute approximate surface area is 156 Å². The van der Waals surface area contributed by atoms with Crippen molar-refractivity contribution in [1.82, 2.24) is 9.88 Å². The first kappa shape index (κ1) is 18.4. The number of hydrogen-bond donors (Lipinski definition) is 0. The van der Waals surface area contributed by atoms with Crippen LogP contribution < -0.4 is 4.74 Å². The minimum atomic E-state index is -0.570. The monoisotopic (exact) mass is 374 g/mol. The number of thiazole rings is 1. The fourth-order valence-electron chi connectivity index (χ4n) is 2.99. The Morgan fingerprint density at radius 2 is 2.04 bits per heavy atom. The Kier molecular flexibility index (Phi) is 5.88. The molecule has 0 bridgehead atoms. The highest BCUT2D eigenvalue weighted by Crippen LogP contribution is 2.26. The van der Waals surface area contributed by atoms with Crippen LogP contribution in [0.15, 0.2) is 29.6 Å². The Bertz CT molecular complexity index is 772. The number of carbonyl (C=O) groups is 2. The molecule has 0 saturated carbocycles. The largest absolute Gasteiger partial charge is 0.497 e. The molecule has 0 spiro atoms. The molecule has 2 aromatic rings. The molecule has 6 nitrogen and oxygen atoms in total. The molecule has 0 radical (unpaired) electrons. The number of carbonyl (C=O) groups excluding carboxylic acids is 2. The molecule has 2 heterocycles. The van der Waals surface area contributed by atoms with Gasteiger partial charge >= 0.3 is 5.97 Å². The number of aromatic nitrogens is 1. The van der Waals surface area contributed by atoms with Gasteiger partial charge in [0.2, 0.25) is 0 Å². The fraction of sp³-hybridized carbons (Fsp3) is 0.421. The van der Waals surface area contributed by atoms with Crippen LogP contribution in [0.5, 0.6) is 5.75 Å². The number of rotatable bonds is 5. The van der Waals surface area contributed by atoms with E-state index >= 15 is 0 Å². The second kappa shape index (κ2) is 8.31. The van der Waals surface area contributed by atoms with Gasteiger partial charge in [-0.15, -0.1) is 11.3 Å². The number of nitrogens with zero attached hydrogens (tertiary/aromatic N) is 2. The standard InChI is InChI=1S/C19H22N2O4S/c1-13-5-3-4-10-21(13)17(22)11-25-19(23)16-12-26-18(20-16)14-6-8-15(24-2)9-7-14/h6-9,12-13H,3-5,10-11H2,1-2H3/t13-/m0/s1. The van der Waals surface area contributed by atoms with Gasteiger partial charge in [0, 0.05) is 23.5 Å². The van der Waals surface area contributed by atoms with Crippen molar-refractivity contribution in [3.63, 3.8) is 0 Å². The minimum Gasteiger partial charge on any atom is -0.497 e. The number of esters is 1. The van der Waals surface area contributed by atoms with Crippen molar-refractivity contribution in [2.45, 2.75) is 32.2 Å². The summed E-state index contributed by atoms with van der Waals surface area (Å²) < 4.78 is 10.3. The highest BCUT2D eigenvalue weighted by Gasteiger charge is 2.24. The van der Waals surface area contributed by atoms with Crippen molar-refractivity contribution in [2.75, 3.05) is 20.3 Å². The van der Waals surface area contributed by atoms with Crippen LogP contribution in [-0.2, 0) is 9.53 Å². The van der Waals surface area contributed by atoms with Crippen molar-refractivity contribution in [1.29, 1.82) is 0 Å². The molecule has 1 fully saturated rings. The molecule has 1 aromatic heterocycles. The molecule has 3 rings (SSSR count). The average Bonchev–Trinajstić information content (AvgIpc) is 3.16. The molecule has 138 valence electrons. The Morgan fingerprint density at radius 1 is 1.27 bits per heavy atom. The molecule has 7 heteroatoms. The Hall–Kier alpha value is -2.41. The Balaban J connectivity index is 1.58. The second-order valence-electron chi connectivity index (χ2n) is 6.27. The molecule has 1 atom stereocenters. The van der Waals surface area contributed by atoms with E-state index < -0.39 is 5.97 Å². The lowest BCUT2D eigenvalue weighted by atomic mass is 10.0. The van der Waals surface area contributed by atoms with Crippen molar-refractivity contribution in [2.24, 2.45) is 0 Å². The van der Waals surface area contributed by atoms with Gasteiger partial charge in [-0.3, -0.25) is 4.79 Å². The molecule has 0 aliphatic carbocycles. The molecule has 1 aliphatic rings. The lowest BCUT2D eigenvalue weighted by Crippen LogP contribution is -2.44. The van der Waals surface area contributed by atoms with E-state index in [0.29, 0.717) is 0 Å². The summed E-state index contributed by atoms with van der Waals surface area (Å²) in [6.45, 7) is 2.52. The van der Waals surface area contributed by atoms with Gasteiger partial charge in [0.1, 0.15) is 10.8 Å². The van der Waals surface area contributed by atoms with Gasteiger partial charge in [-0.05, 0) is 50.5 Å². The maximum Gasteiger partial charge on any atom is 0.358 e. The van der Waals surface area contributed by atoms with Crippen LogP contribution in [0.1, 0.15) is 36.7 Å². The lowest BCUT2D eigenvalue weighted by Gasteiger charge is -2.33. The second-order valence-corrected chi connectivity index (χ2v) is 7.13. The van der Waals surface area contributed by atoms with Crippen LogP contribution in [0.25, 0.3) is 10.6 Å². The summed E-state index contributed by atoms with van der Waals surface area (Å²) in [7, 11) is 1.61. The van der Waals surface area contributed by atoms with Crippen LogP contribution in [0, 0.1) is 0 Å². The predicted molar refractivity (Wildman–Crippen MR) is 99.4 cm³/mol. The zero-order chi connectivity index (χ0) is 18.5. The Morgan fingerprint density at radius 3 is 2.73 bits per heavy atom. The number of amides is 1. The lowest BCUT2D eigenvalue weighted by molar-refractivity contribution is -0.137. The predicted octanol–water partition coefficient (Wildman–Crippen LogP) is 3.38. The van der Waals surface area contributed by atoms with Crippen molar-refractivity contribution in [3.05, 3.63) is 35.3 Å². The zero-order valence-electron chi connectivity index (χ0n) is 14.9. The first-order chi connectivity index (χ1) is 12.6. The summed E-state index contributed by atoms with van der Waals surface area (Å²) in [5.41, 5.74) is 1.12. The van der Waals surface area contributed by atoms with Gasteiger partial charge in [-0.2, -0.15) is 0 Å². The van der Waals surface area contributed by atoms with Gasteiger partial charge in [0.15, 0.2) is 12.3 Å². The third-order valence-corrected chi connectivity index (χ3v) is 5.39. The van der Waals surface area contributed by atoms with Crippen molar-refractivity contribution >= 4 is 23.2 Å². The maximum atomic E-state index is 12.3. The summed E-state index contributed by atoms with van der Waals surface area (Å²) in [6.07, 6.45) is 3.13. The summed E-state index contributed by atoms with van der Waals surface area (Å²) >= 11 is 1.36. The molecule has 0 unspecified atom stereocenters. The summed E-state index contributed by atoms with van der Waals surface area (Å²) in [5, 5.41) is 2.37. The number of likely N-dealkylation sites (tertiary alicyclic amines) is 1. The van der Waals surface area contributed by atoms with Crippen LogP contribution in [-0.4, -0.2) is 48.1 Å². The first-order valence-electron chi connectivity index (χ1n) is 8.65. The van der Waals surface area contributed by atoms with Crippen LogP contribution in [0.4, 0.5) is 0 Å². The summed E-state index contributed by atoms with van der Waals surface area (Å²) in [5.74, 6) is 0.0468. The number of methoxy groups -OCH3 is 1. The van der Waals surface area contributed by atoms with Gasteiger partial charge in [0.05, 0.1) is 7.11 Å². The number of hydrogen-bond acceptors (Lipinski definition) is 6. The molecule has 0 N–H and O–H groups in total. The van der Waals surface area contributed by atoms with E-state index in [1.165, 1.54) is 11.3 Å².